The average molecular weight is 157 g/mol. The molecule has 0 aromatic heterocycles. The molecular formula is C9H19NO. The largest absolute Gasteiger partial charge is 0.383 e. The molecule has 2 atom stereocenters. The van der Waals surface area contributed by atoms with E-state index in [1.54, 1.807) is 7.11 Å². The molecule has 0 unspecified atom stereocenters. The first-order valence-electron chi connectivity index (χ1n) is 4.28. The summed E-state index contributed by atoms with van der Waals surface area (Å²) in [6, 6.07) is 0. The average Bonchev–Trinajstić information content (AvgIpc) is 2.08. The van der Waals surface area contributed by atoms with E-state index in [4.69, 9.17) is 4.74 Å². The van der Waals surface area contributed by atoms with Crippen molar-refractivity contribution in [1.82, 2.24) is 4.90 Å². The molecule has 0 aromatic rings. The van der Waals surface area contributed by atoms with Gasteiger partial charge in [0, 0.05) is 19.2 Å². The molecule has 1 fully saturated rings. The lowest BCUT2D eigenvalue weighted by Gasteiger charge is -2.31. The molecule has 0 saturated carbocycles. The van der Waals surface area contributed by atoms with Crippen LogP contribution in [0, 0.1) is 5.92 Å². The molecule has 0 radical (unpaired) electrons. The third-order valence-corrected chi connectivity index (χ3v) is 2.75. The van der Waals surface area contributed by atoms with Crippen molar-refractivity contribution in [2.45, 2.75) is 25.8 Å². The molecule has 0 N–H and O–H groups in total. The van der Waals surface area contributed by atoms with Gasteiger partial charge in [-0.3, -0.25) is 4.90 Å². The fourth-order valence-corrected chi connectivity index (χ4v) is 2.14. The van der Waals surface area contributed by atoms with E-state index >= 15 is 0 Å². The van der Waals surface area contributed by atoms with Crippen molar-refractivity contribution in [3.05, 3.63) is 0 Å². The third kappa shape index (κ3) is 1.74. The van der Waals surface area contributed by atoms with Gasteiger partial charge in [0.1, 0.15) is 0 Å². The number of hydrogen-bond acceptors (Lipinski definition) is 2. The molecule has 0 bridgehead atoms. The number of likely N-dealkylation sites (N-methyl/N-ethyl adjacent to an activating group) is 1. The highest BCUT2D eigenvalue weighted by molar-refractivity contribution is 4.92. The van der Waals surface area contributed by atoms with Crippen LogP contribution in [0.3, 0.4) is 0 Å². The molecule has 1 saturated heterocycles. The van der Waals surface area contributed by atoms with E-state index in [1.807, 2.05) is 0 Å². The number of methoxy groups -OCH3 is 1. The maximum Gasteiger partial charge on any atom is 0.0643 e. The monoisotopic (exact) mass is 157 g/mol. The smallest absolute Gasteiger partial charge is 0.0643 e. The summed E-state index contributed by atoms with van der Waals surface area (Å²) < 4.78 is 5.21. The van der Waals surface area contributed by atoms with E-state index in [-0.39, 0.29) is 5.54 Å². The lowest BCUT2D eigenvalue weighted by molar-refractivity contribution is 0.0657. The first-order chi connectivity index (χ1) is 5.08. The molecule has 2 nitrogen and oxygen atoms in total. The van der Waals surface area contributed by atoms with Crippen molar-refractivity contribution in [2.75, 3.05) is 27.3 Å². The van der Waals surface area contributed by atoms with Gasteiger partial charge in [-0.2, -0.15) is 0 Å². The van der Waals surface area contributed by atoms with Crippen LogP contribution in [0.15, 0.2) is 0 Å². The van der Waals surface area contributed by atoms with Crippen LogP contribution >= 0.6 is 0 Å². The van der Waals surface area contributed by atoms with Crippen molar-refractivity contribution in [1.29, 1.82) is 0 Å². The van der Waals surface area contributed by atoms with Gasteiger partial charge >= 0.3 is 0 Å². The second kappa shape index (κ2) is 3.11. The Morgan fingerprint density at radius 2 is 2.27 bits per heavy atom. The summed E-state index contributed by atoms with van der Waals surface area (Å²) in [6.45, 7) is 6.64. The second-order valence-electron chi connectivity index (χ2n) is 4.12. The number of rotatable bonds is 2. The molecule has 1 aliphatic heterocycles. The van der Waals surface area contributed by atoms with Crippen LogP contribution in [-0.2, 0) is 4.74 Å². The van der Waals surface area contributed by atoms with Gasteiger partial charge in [0.2, 0.25) is 0 Å². The summed E-state index contributed by atoms with van der Waals surface area (Å²) in [7, 11) is 3.96. The minimum absolute atomic E-state index is 0.286. The molecule has 1 aliphatic rings. The van der Waals surface area contributed by atoms with Gasteiger partial charge in [-0.1, -0.05) is 6.92 Å². The molecule has 1 rings (SSSR count). The van der Waals surface area contributed by atoms with Crippen molar-refractivity contribution >= 4 is 0 Å². The Balaban J connectivity index is 2.55. The Labute approximate surface area is 69.5 Å². The topological polar surface area (TPSA) is 12.5 Å². The first-order valence-corrected chi connectivity index (χ1v) is 4.28. The van der Waals surface area contributed by atoms with Crippen molar-refractivity contribution in [3.8, 4) is 0 Å². The second-order valence-corrected chi connectivity index (χ2v) is 4.12. The highest BCUT2D eigenvalue weighted by atomic mass is 16.5. The molecule has 0 aromatic carbocycles. The Hall–Kier alpha value is -0.0800. The van der Waals surface area contributed by atoms with E-state index in [1.165, 1.54) is 13.0 Å². The number of nitrogens with zero attached hydrogens (tertiary/aromatic N) is 1. The van der Waals surface area contributed by atoms with E-state index in [0.717, 1.165) is 12.5 Å². The maximum atomic E-state index is 5.21. The fourth-order valence-electron chi connectivity index (χ4n) is 2.14. The maximum absolute atomic E-state index is 5.21. The molecular weight excluding hydrogens is 138 g/mol. The van der Waals surface area contributed by atoms with E-state index < -0.39 is 0 Å². The van der Waals surface area contributed by atoms with Crippen LogP contribution in [0.1, 0.15) is 20.3 Å². The fraction of sp³-hybridized carbons (Fsp3) is 1.00. The number of ether oxygens (including phenoxy) is 1. The van der Waals surface area contributed by atoms with Crippen molar-refractivity contribution in [3.63, 3.8) is 0 Å². The zero-order valence-electron chi connectivity index (χ0n) is 8.05. The lowest BCUT2D eigenvalue weighted by Crippen LogP contribution is -2.42. The first kappa shape index (κ1) is 9.01. The van der Waals surface area contributed by atoms with Crippen LogP contribution in [0.2, 0.25) is 0 Å². The number of likely N-dealkylation sites (tertiary alicyclic amines) is 1. The summed E-state index contributed by atoms with van der Waals surface area (Å²) in [4.78, 5) is 2.40. The number of hydrogen-bond donors (Lipinski definition) is 0. The normalized spacial score (nSPS) is 39.8. The van der Waals surface area contributed by atoms with Crippen LogP contribution in [-0.4, -0.2) is 37.7 Å². The molecule has 11 heavy (non-hydrogen) atoms. The summed E-state index contributed by atoms with van der Waals surface area (Å²) >= 11 is 0. The predicted molar refractivity (Wildman–Crippen MR) is 46.7 cm³/mol. The summed E-state index contributed by atoms with van der Waals surface area (Å²) in [5, 5.41) is 0. The highest BCUT2D eigenvalue weighted by Crippen LogP contribution is 2.31. The highest BCUT2D eigenvalue weighted by Gasteiger charge is 2.37. The van der Waals surface area contributed by atoms with Crippen molar-refractivity contribution < 1.29 is 4.74 Å². The molecule has 2 heteroatoms. The van der Waals surface area contributed by atoms with Gasteiger partial charge in [-0.05, 0) is 26.3 Å². The summed E-state index contributed by atoms with van der Waals surface area (Å²) in [5.41, 5.74) is 0.286. The summed E-state index contributed by atoms with van der Waals surface area (Å²) in [6.07, 6.45) is 1.26. The van der Waals surface area contributed by atoms with E-state index in [0.29, 0.717) is 0 Å². The molecule has 1 heterocycles. The van der Waals surface area contributed by atoms with Gasteiger partial charge in [0.25, 0.3) is 0 Å². The molecule has 66 valence electrons. The van der Waals surface area contributed by atoms with E-state index in [2.05, 4.69) is 25.8 Å². The minimum atomic E-state index is 0.286. The standard InChI is InChI=1S/C9H19NO/c1-8-5-9(2,7-11-4)10(3)6-8/h8H,5-7H2,1-4H3/t8-,9-/m0/s1. The Morgan fingerprint density at radius 1 is 1.64 bits per heavy atom. The van der Waals surface area contributed by atoms with E-state index in [9.17, 15) is 0 Å². The van der Waals surface area contributed by atoms with Crippen LogP contribution in [0.4, 0.5) is 0 Å². The third-order valence-electron chi connectivity index (χ3n) is 2.75. The van der Waals surface area contributed by atoms with Gasteiger partial charge < -0.3 is 4.74 Å². The van der Waals surface area contributed by atoms with Crippen molar-refractivity contribution in [2.24, 2.45) is 5.92 Å². The Morgan fingerprint density at radius 3 is 2.64 bits per heavy atom. The SMILES string of the molecule is COC[C@]1(C)C[C@H](C)CN1C. The van der Waals surface area contributed by atoms with Gasteiger partial charge in [-0.15, -0.1) is 0 Å². The van der Waals surface area contributed by atoms with Gasteiger partial charge in [0.05, 0.1) is 6.61 Å². The molecule has 0 amide bonds. The zero-order valence-corrected chi connectivity index (χ0v) is 8.05. The Bertz CT molecular complexity index is 138. The summed E-state index contributed by atoms with van der Waals surface area (Å²) in [5.74, 6) is 0.820. The predicted octanol–water partition coefficient (Wildman–Crippen LogP) is 1.36. The lowest BCUT2D eigenvalue weighted by atomic mass is 9.96. The Kier molecular flexibility index (Phi) is 2.55. The molecule has 0 spiro atoms. The minimum Gasteiger partial charge on any atom is -0.383 e. The van der Waals surface area contributed by atoms with Gasteiger partial charge in [0.15, 0.2) is 0 Å². The zero-order chi connectivity index (χ0) is 8.48. The van der Waals surface area contributed by atoms with Gasteiger partial charge in [-0.25, -0.2) is 0 Å². The van der Waals surface area contributed by atoms with Crippen LogP contribution < -0.4 is 0 Å². The van der Waals surface area contributed by atoms with Crippen LogP contribution in [0.25, 0.3) is 0 Å². The quantitative estimate of drug-likeness (QED) is 0.600. The molecule has 0 aliphatic carbocycles. The van der Waals surface area contributed by atoms with Crippen LogP contribution in [0.5, 0.6) is 0 Å².